The summed E-state index contributed by atoms with van der Waals surface area (Å²) in [6.07, 6.45) is 1.89. The van der Waals surface area contributed by atoms with Gasteiger partial charge >= 0.3 is 0 Å². The predicted octanol–water partition coefficient (Wildman–Crippen LogP) is 10.9. The first kappa shape index (κ1) is 23.7. The highest BCUT2D eigenvalue weighted by Gasteiger charge is 2.18. The van der Waals surface area contributed by atoms with Crippen LogP contribution in [0.1, 0.15) is 11.1 Å². The van der Waals surface area contributed by atoms with E-state index in [2.05, 4.69) is 140 Å². The zero-order valence-electron chi connectivity index (χ0n) is 23.1. The molecule has 0 spiro atoms. The molecule has 0 saturated heterocycles. The van der Waals surface area contributed by atoms with Gasteiger partial charge in [-0.2, -0.15) is 0 Å². The van der Waals surface area contributed by atoms with Crippen LogP contribution >= 0.6 is 0 Å². The summed E-state index contributed by atoms with van der Waals surface area (Å²) in [6.45, 7) is 4.36. The Morgan fingerprint density at radius 3 is 1.88 bits per heavy atom. The second kappa shape index (κ2) is 9.18. The van der Waals surface area contributed by atoms with Gasteiger partial charge in [-0.15, -0.1) is 0 Å². The van der Waals surface area contributed by atoms with Crippen molar-refractivity contribution in [2.75, 3.05) is 4.90 Å². The average molecular weight is 525 g/mol. The lowest BCUT2D eigenvalue weighted by Crippen LogP contribution is -2.12. The summed E-state index contributed by atoms with van der Waals surface area (Å²) in [6, 6.07) is 46.3. The van der Waals surface area contributed by atoms with Gasteiger partial charge in [0.15, 0.2) is 0 Å². The molecule has 0 saturated carbocycles. The van der Waals surface area contributed by atoms with Crippen molar-refractivity contribution in [3.8, 4) is 11.1 Å². The molecule has 8 aromatic rings. The van der Waals surface area contributed by atoms with Gasteiger partial charge in [-0.3, -0.25) is 4.98 Å². The lowest BCUT2D eigenvalue weighted by Gasteiger charge is -2.28. The summed E-state index contributed by atoms with van der Waals surface area (Å²) < 4.78 is 0. The zero-order chi connectivity index (χ0) is 27.5. The zero-order valence-corrected chi connectivity index (χ0v) is 23.1. The number of nitrogens with zero attached hydrogens (tertiary/aromatic N) is 2. The molecule has 0 aliphatic rings. The number of anilines is 3. The maximum Gasteiger partial charge on any atom is 0.0780 e. The third-order valence-corrected chi connectivity index (χ3v) is 8.50. The van der Waals surface area contributed by atoms with Crippen molar-refractivity contribution in [2.45, 2.75) is 13.8 Å². The molecule has 2 heteroatoms. The van der Waals surface area contributed by atoms with Gasteiger partial charge in [-0.25, -0.2) is 0 Å². The Morgan fingerprint density at radius 1 is 0.512 bits per heavy atom. The highest BCUT2D eigenvalue weighted by atomic mass is 15.1. The second-order valence-corrected chi connectivity index (χ2v) is 10.9. The third kappa shape index (κ3) is 3.68. The van der Waals surface area contributed by atoms with Crippen LogP contribution in [-0.2, 0) is 0 Å². The number of fused-ring (bicyclic) bond motifs is 2. The Kier molecular flexibility index (Phi) is 5.30. The lowest BCUT2D eigenvalue weighted by molar-refractivity contribution is 1.23. The monoisotopic (exact) mass is 524 g/mol. The molecule has 0 unspecified atom stereocenters. The number of rotatable bonds is 4. The number of para-hydroxylation sites is 2. The Morgan fingerprint density at radius 2 is 1.15 bits per heavy atom. The molecule has 7 aromatic carbocycles. The minimum Gasteiger partial charge on any atom is -0.310 e. The SMILES string of the molecule is Cc1ccccc1N(c1ccc(-c2ccc3ccc4cc5cccnc5c5ccc2c3c45)cc1)c1ccccc1C. The molecule has 2 nitrogen and oxygen atoms in total. The Bertz CT molecular complexity index is 2180. The van der Waals surface area contributed by atoms with Gasteiger partial charge in [0, 0.05) is 34.0 Å². The molecule has 0 N–H and O–H groups in total. The fraction of sp³-hybridized carbons (Fsp3) is 0.0513. The highest BCUT2D eigenvalue weighted by molar-refractivity contribution is 6.29. The number of hydrogen-bond donors (Lipinski definition) is 0. The standard InChI is InChI=1S/C39H28N2/c1-25-8-3-5-11-35(25)41(36-12-6-4-9-26(36)2)31-18-15-27(16-19-31)32-20-17-28-13-14-29-24-30-10-7-23-40-39(30)34-22-21-33(32)37(28)38(29)34/h3-24H,1-2H3. The van der Waals surface area contributed by atoms with E-state index in [9.17, 15) is 0 Å². The van der Waals surface area contributed by atoms with Crippen LogP contribution < -0.4 is 4.90 Å². The van der Waals surface area contributed by atoms with Gasteiger partial charge in [0.05, 0.1) is 5.52 Å². The summed E-state index contributed by atoms with van der Waals surface area (Å²) in [5.41, 5.74) is 9.55. The summed E-state index contributed by atoms with van der Waals surface area (Å²) in [5.74, 6) is 0. The van der Waals surface area contributed by atoms with Crippen LogP contribution in [-0.4, -0.2) is 4.98 Å². The molecule has 0 radical (unpaired) electrons. The van der Waals surface area contributed by atoms with Crippen LogP contribution in [0.2, 0.25) is 0 Å². The maximum atomic E-state index is 4.75. The molecule has 1 heterocycles. The number of aryl methyl sites for hydroxylation is 2. The second-order valence-electron chi connectivity index (χ2n) is 10.9. The van der Waals surface area contributed by atoms with Crippen LogP contribution in [0.5, 0.6) is 0 Å². The number of hydrogen-bond acceptors (Lipinski definition) is 2. The molecule has 0 aliphatic carbocycles. The number of aromatic nitrogens is 1. The van der Waals surface area contributed by atoms with Crippen molar-refractivity contribution >= 4 is 60.3 Å². The van der Waals surface area contributed by atoms with Gasteiger partial charge in [0.1, 0.15) is 0 Å². The Hall–Kier alpha value is -5.21. The Labute approximate surface area is 239 Å². The molecule has 0 aliphatic heterocycles. The van der Waals surface area contributed by atoms with Crippen LogP contribution in [0, 0.1) is 13.8 Å². The fourth-order valence-corrected chi connectivity index (χ4v) is 6.50. The normalized spacial score (nSPS) is 11.7. The van der Waals surface area contributed by atoms with Gasteiger partial charge in [-0.05, 0) is 99.4 Å². The maximum absolute atomic E-state index is 4.75. The molecule has 8 rings (SSSR count). The minimum atomic E-state index is 1.07. The Balaban J connectivity index is 1.30. The van der Waals surface area contributed by atoms with E-state index in [4.69, 9.17) is 4.98 Å². The quantitative estimate of drug-likeness (QED) is 0.168. The van der Waals surface area contributed by atoms with E-state index in [0.717, 1.165) is 11.2 Å². The van der Waals surface area contributed by atoms with Gasteiger partial charge in [0.25, 0.3) is 0 Å². The summed E-state index contributed by atoms with van der Waals surface area (Å²) in [7, 11) is 0. The summed E-state index contributed by atoms with van der Waals surface area (Å²) >= 11 is 0. The van der Waals surface area contributed by atoms with E-state index in [-0.39, 0.29) is 0 Å². The molecule has 194 valence electrons. The predicted molar refractivity (Wildman–Crippen MR) is 175 cm³/mol. The fourth-order valence-electron chi connectivity index (χ4n) is 6.50. The van der Waals surface area contributed by atoms with E-state index in [1.807, 2.05) is 12.3 Å². The van der Waals surface area contributed by atoms with Crippen LogP contribution in [0.4, 0.5) is 17.1 Å². The van der Waals surface area contributed by atoms with Crippen molar-refractivity contribution in [1.29, 1.82) is 0 Å². The topological polar surface area (TPSA) is 16.1 Å². The van der Waals surface area contributed by atoms with E-state index >= 15 is 0 Å². The smallest absolute Gasteiger partial charge is 0.0780 e. The van der Waals surface area contributed by atoms with E-state index in [0.29, 0.717) is 0 Å². The lowest BCUT2D eigenvalue weighted by atomic mass is 9.89. The molecular weight excluding hydrogens is 496 g/mol. The van der Waals surface area contributed by atoms with Crippen molar-refractivity contribution in [3.63, 3.8) is 0 Å². The minimum absolute atomic E-state index is 1.07. The molecule has 1 aromatic heterocycles. The number of benzene rings is 7. The number of pyridine rings is 1. The molecule has 41 heavy (non-hydrogen) atoms. The largest absolute Gasteiger partial charge is 0.310 e. The van der Waals surface area contributed by atoms with Crippen LogP contribution in [0.25, 0.3) is 54.3 Å². The first-order valence-corrected chi connectivity index (χ1v) is 14.1. The summed E-state index contributed by atoms with van der Waals surface area (Å²) in [4.78, 5) is 7.12. The van der Waals surface area contributed by atoms with Crippen molar-refractivity contribution in [3.05, 3.63) is 145 Å². The van der Waals surface area contributed by atoms with Gasteiger partial charge < -0.3 is 4.90 Å². The third-order valence-electron chi connectivity index (χ3n) is 8.50. The van der Waals surface area contributed by atoms with E-state index in [1.165, 1.54) is 71.3 Å². The van der Waals surface area contributed by atoms with E-state index in [1.54, 1.807) is 0 Å². The molecule has 0 bridgehead atoms. The first-order valence-electron chi connectivity index (χ1n) is 14.1. The van der Waals surface area contributed by atoms with Crippen molar-refractivity contribution in [2.24, 2.45) is 0 Å². The highest BCUT2D eigenvalue weighted by Crippen LogP contribution is 2.43. The molecule has 0 atom stereocenters. The van der Waals surface area contributed by atoms with Crippen LogP contribution in [0.3, 0.4) is 0 Å². The van der Waals surface area contributed by atoms with Crippen molar-refractivity contribution in [1.82, 2.24) is 4.98 Å². The molecule has 0 amide bonds. The van der Waals surface area contributed by atoms with Gasteiger partial charge in [0.2, 0.25) is 0 Å². The molecule has 0 fully saturated rings. The average Bonchev–Trinajstić information content (AvgIpc) is 3.02. The van der Waals surface area contributed by atoms with Crippen molar-refractivity contribution < 1.29 is 0 Å². The van der Waals surface area contributed by atoms with E-state index < -0.39 is 0 Å². The van der Waals surface area contributed by atoms with Gasteiger partial charge in [-0.1, -0.05) is 91.0 Å². The first-order chi connectivity index (χ1) is 20.2. The summed E-state index contributed by atoms with van der Waals surface area (Å²) in [5, 5.41) is 8.82. The molecular formula is C39H28N2. The van der Waals surface area contributed by atoms with Crippen LogP contribution in [0.15, 0.2) is 134 Å².